The Morgan fingerprint density at radius 1 is 1.27 bits per heavy atom. The van der Waals surface area contributed by atoms with Crippen LogP contribution in [0.2, 0.25) is 0 Å². The van der Waals surface area contributed by atoms with E-state index in [1.165, 1.54) is 19.1 Å². The van der Waals surface area contributed by atoms with Crippen molar-refractivity contribution in [3.8, 4) is 0 Å². The summed E-state index contributed by atoms with van der Waals surface area (Å²) in [4.78, 5) is 16.8. The highest BCUT2D eigenvalue weighted by Gasteiger charge is 2.38. The maximum atomic E-state index is 13.3. The molecule has 5 nitrogen and oxygen atoms in total. The minimum absolute atomic E-state index is 0.0408. The topological polar surface area (TPSA) is 67.9 Å². The number of alkyl halides is 3. The van der Waals surface area contributed by atoms with Crippen molar-refractivity contribution in [3.05, 3.63) is 64.7 Å². The second-order valence-corrected chi connectivity index (χ2v) is 5.43. The number of nitrogens with two attached hydrogens (primary N) is 1. The van der Waals surface area contributed by atoms with Crippen molar-refractivity contribution < 1.29 is 22.7 Å². The molecule has 0 bridgehead atoms. The lowest BCUT2D eigenvalue weighted by molar-refractivity contribution is -0.103. The summed E-state index contributed by atoms with van der Waals surface area (Å²) in [5.74, 6) is -0.302. The molecule has 2 N–H and O–H groups in total. The van der Waals surface area contributed by atoms with E-state index in [0.717, 1.165) is 17.7 Å². The van der Waals surface area contributed by atoms with Crippen molar-refractivity contribution in [3.63, 3.8) is 0 Å². The third kappa shape index (κ3) is 3.63. The monoisotopic (exact) mass is 365 g/mol. The molecule has 1 aromatic rings. The van der Waals surface area contributed by atoms with E-state index in [9.17, 15) is 18.0 Å². The van der Waals surface area contributed by atoms with E-state index in [0.29, 0.717) is 11.8 Å². The first-order valence-corrected chi connectivity index (χ1v) is 7.57. The number of hydrogen-bond acceptors (Lipinski definition) is 3. The molecule has 0 unspecified atom stereocenters. The van der Waals surface area contributed by atoms with E-state index in [4.69, 9.17) is 10.5 Å². The van der Waals surface area contributed by atoms with Crippen LogP contribution in [-0.4, -0.2) is 37.5 Å². The van der Waals surface area contributed by atoms with E-state index in [1.54, 1.807) is 31.2 Å². The number of carbonyl (C=O) groups is 1. The average molecular weight is 365 g/mol. The number of halogens is 3. The number of methoxy groups -OCH3 is 1. The minimum Gasteiger partial charge on any atom is -0.482 e. The maximum Gasteiger partial charge on any atom is 0.416 e. The van der Waals surface area contributed by atoms with Gasteiger partial charge in [-0.3, -0.25) is 14.7 Å². The lowest BCUT2D eigenvalue weighted by Gasteiger charge is -2.31. The largest absolute Gasteiger partial charge is 0.482 e. The van der Waals surface area contributed by atoms with Crippen LogP contribution in [0.4, 0.5) is 13.2 Å². The van der Waals surface area contributed by atoms with Crippen molar-refractivity contribution in [1.29, 1.82) is 0 Å². The molecule has 1 aliphatic rings. The molecule has 0 fully saturated rings. The quantitative estimate of drug-likeness (QED) is 0.387. The highest BCUT2D eigenvalue weighted by Crippen LogP contribution is 2.36. The molecule has 0 atom stereocenters. The number of ether oxygens (including phenoxy) is 1. The number of guanidine groups is 1. The van der Waals surface area contributed by atoms with Gasteiger partial charge in [-0.2, -0.15) is 13.2 Å². The lowest BCUT2D eigenvalue weighted by Crippen LogP contribution is -2.39. The van der Waals surface area contributed by atoms with Crippen LogP contribution in [-0.2, 0) is 9.53 Å². The summed E-state index contributed by atoms with van der Waals surface area (Å²) in [5, 5.41) is 0. The summed E-state index contributed by atoms with van der Waals surface area (Å²) < 4.78 is 45.1. The number of nitrogens with zero attached hydrogens (tertiary/aromatic N) is 2. The second kappa shape index (κ2) is 7.47. The molecule has 1 aromatic carbocycles. The molecule has 1 aliphatic heterocycles. The van der Waals surface area contributed by atoms with Gasteiger partial charge in [0.1, 0.15) is 0 Å². The Kier molecular flexibility index (Phi) is 5.54. The van der Waals surface area contributed by atoms with Crippen molar-refractivity contribution in [2.45, 2.75) is 13.1 Å². The van der Waals surface area contributed by atoms with Gasteiger partial charge in [0.25, 0.3) is 0 Å². The molecule has 138 valence electrons. The molecule has 1 heterocycles. The highest BCUT2D eigenvalue weighted by atomic mass is 19.4. The zero-order chi connectivity index (χ0) is 19.5. The molecule has 0 aliphatic carbocycles. The van der Waals surface area contributed by atoms with Gasteiger partial charge in [-0.05, 0) is 24.1 Å². The van der Waals surface area contributed by atoms with Gasteiger partial charge in [0.2, 0.25) is 11.8 Å². The summed E-state index contributed by atoms with van der Waals surface area (Å²) in [6, 6.07) is 6.86. The summed E-state index contributed by atoms with van der Waals surface area (Å²) >= 11 is 0. The van der Waals surface area contributed by atoms with E-state index < -0.39 is 11.7 Å². The normalized spacial score (nSPS) is 17.5. The van der Waals surface area contributed by atoms with Crippen molar-refractivity contribution in [2.24, 2.45) is 10.7 Å². The number of carbonyl (C=O) groups excluding carboxylic acids is 1. The van der Waals surface area contributed by atoms with Gasteiger partial charge >= 0.3 is 6.18 Å². The summed E-state index contributed by atoms with van der Waals surface area (Å²) in [6.07, 6.45) is -2.46. The third-order valence-corrected chi connectivity index (χ3v) is 3.86. The number of allylic oxidation sites excluding steroid dienone is 4. The Hall–Kier alpha value is -3.03. The van der Waals surface area contributed by atoms with Gasteiger partial charge in [-0.1, -0.05) is 24.3 Å². The van der Waals surface area contributed by atoms with Gasteiger partial charge in [-0.15, -0.1) is 0 Å². The summed E-state index contributed by atoms with van der Waals surface area (Å²) in [6.45, 7) is 1.76. The predicted molar refractivity (Wildman–Crippen MR) is 92.8 cm³/mol. The van der Waals surface area contributed by atoms with Gasteiger partial charge in [0, 0.05) is 18.7 Å². The smallest absolute Gasteiger partial charge is 0.416 e. The molecule has 0 aromatic heterocycles. The van der Waals surface area contributed by atoms with Crippen LogP contribution in [0.1, 0.15) is 11.1 Å². The van der Waals surface area contributed by atoms with Crippen LogP contribution >= 0.6 is 0 Å². The Bertz CT molecular complexity index is 836. The van der Waals surface area contributed by atoms with Gasteiger partial charge in [-0.25, -0.2) is 0 Å². The summed E-state index contributed by atoms with van der Waals surface area (Å²) in [5.41, 5.74) is 6.09. The van der Waals surface area contributed by atoms with Crippen molar-refractivity contribution in [2.75, 3.05) is 14.2 Å². The second-order valence-electron chi connectivity index (χ2n) is 5.43. The van der Waals surface area contributed by atoms with Crippen LogP contribution in [0.25, 0.3) is 5.57 Å². The molecule has 0 saturated carbocycles. The average Bonchev–Trinajstić information content (AvgIpc) is 2.61. The van der Waals surface area contributed by atoms with E-state index in [1.807, 2.05) is 0 Å². The maximum absolute atomic E-state index is 13.3. The Morgan fingerprint density at radius 2 is 1.92 bits per heavy atom. The fraction of sp³-hybridized carbons (Fsp3) is 0.222. The van der Waals surface area contributed by atoms with E-state index >= 15 is 0 Å². The Labute approximate surface area is 149 Å². The first-order valence-electron chi connectivity index (χ1n) is 7.57. The lowest BCUT2D eigenvalue weighted by atomic mass is 9.97. The number of aryl methyl sites for hydroxylation is 1. The summed E-state index contributed by atoms with van der Waals surface area (Å²) in [7, 11) is 2.60. The van der Waals surface area contributed by atoms with Crippen LogP contribution in [0.5, 0.6) is 0 Å². The molecule has 0 saturated heterocycles. The fourth-order valence-electron chi connectivity index (χ4n) is 2.56. The highest BCUT2D eigenvalue weighted by molar-refractivity contribution is 6.10. The van der Waals surface area contributed by atoms with Crippen molar-refractivity contribution >= 4 is 17.8 Å². The molecule has 2 rings (SSSR count). The third-order valence-electron chi connectivity index (χ3n) is 3.86. The Morgan fingerprint density at radius 3 is 2.42 bits per heavy atom. The number of hydrogen-bond donors (Lipinski definition) is 1. The standard InChI is InChI=1S/C18H18F3N3O2/c1-11-6-4-5-7-13(11)14(10-25)15-8-12(18(19,20)21)9-16(26-3)24(15)17(22)23-2/h4-10H,1-3H3,(H2,22,23)/b15-14+. The van der Waals surface area contributed by atoms with E-state index in [-0.39, 0.29) is 23.1 Å². The van der Waals surface area contributed by atoms with Crippen molar-refractivity contribution in [1.82, 2.24) is 4.90 Å². The van der Waals surface area contributed by atoms with Crippen LogP contribution in [0.3, 0.4) is 0 Å². The molecular weight excluding hydrogens is 347 g/mol. The molecule has 0 spiro atoms. The predicted octanol–water partition coefficient (Wildman–Crippen LogP) is 3.14. The number of benzene rings is 1. The fourth-order valence-corrected chi connectivity index (χ4v) is 2.56. The minimum atomic E-state index is -4.63. The number of rotatable bonds is 3. The molecule has 0 radical (unpaired) electrons. The molecular formula is C18H18F3N3O2. The first-order chi connectivity index (χ1) is 12.2. The van der Waals surface area contributed by atoms with Gasteiger partial charge < -0.3 is 10.5 Å². The zero-order valence-electron chi connectivity index (χ0n) is 14.5. The number of aliphatic imine (C=N–C) groups is 1. The Balaban J connectivity index is 2.85. The number of aldehydes is 1. The molecule has 0 amide bonds. The van der Waals surface area contributed by atoms with E-state index in [2.05, 4.69) is 4.99 Å². The zero-order valence-corrected chi connectivity index (χ0v) is 14.5. The molecule has 8 heteroatoms. The van der Waals surface area contributed by atoms with Crippen LogP contribution in [0.15, 0.2) is 58.6 Å². The SMILES string of the molecule is C/N=C(/N)N1C(OC)=CC(C(F)(F)F)=C/C1=C(/C=O)c1ccccc1C. The van der Waals surface area contributed by atoms with Gasteiger partial charge in [0.05, 0.1) is 18.4 Å². The molecule has 26 heavy (non-hydrogen) atoms. The van der Waals surface area contributed by atoms with Crippen LogP contribution in [0, 0.1) is 6.92 Å². The van der Waals surface area contributed by atoms with Crippen LogP contribution < -0.4 is 5.73 Å². The first kappa shape index (κ1) is 19.3. The van der Waals surface area contributed by atoms with Gasteiger partial charge in [0.15, 0.2) is 6.29 Å².